The number of ketones is 1. The number of piperidine rings is 2. The van der Waals surface area contributed by atoms with Crippen molar-refractivity contribution in [2.45, 2.75) is 51.6 Å². The van der Waals surface area contributed by atoms with Gasteiger partial charge in [-0.3, -0.25) is 9.59 Å². The fourth-order valence-corrected chi connectivity index (χ4v) is 4.93. The number of aromatic nitrogens is 1. The first kappa shape index (κ1) is 18.2. The molecule has 2 aliphatic heterocycles. The lowest BCUT2D eigenvalue weighted by Gasteiger charge is -2.44. The molecule has 0 radical (unpaired) electrons. The first-order valence-electron chi connectivity index (χ1n) is 10.2. The van der Waals surface area contributed by atoms with Crippen molar-refractivity contribution in [3.8, 4) is 0 Å². The molecule has 2 unspecified atom stereocenters. The van der Waals surface area contributed by atoms with Crippen LogP contribution in [0.3, 0.4) is 0 Å². The second kappa shape index (κ2) is 7.85. The Morgan fingerprint density at radius 1 is 1.11 bits per heavy atom. The fraction of sp³-hybridized carbons (Fsp3) is 0.545. The number of benzene rings is 1. The van der Waals surface area contributed by atoms with E-state index in [2.05, 4.69) is 10.2 Å². The van der Waals surface area contributed by atoms with Crippen molar-refractivity contribution < 1.29 is 9.59 Å². The molecule has 0 spiro atoms. The average molecular weight is 367 g/mol. The van der Waals surface area contributed by atoms with Crippen molar-refractivity contribution >= 4 is 22.6 Å². The standard InChI is InChI=1S/C22H29N3O2/c1-16(26)19-14-25(21-10-3-2-8-18(19)21)15-22(27)23-13-17-7-6-12-24-11-5-4-9-20(17)24/h2-3,8,10,14,17,20H,4-7,9,11-13,15H2,1H3,(H,23,27). The number of Topliss-reactive ketones (excluding diaryl/α,β-unsaturated/α-hetero) is 1. The van der Waals surface area contributed by atoms with Crippen LogP contribution in [0.15, 0.2) is 30.5 Å². The minimum Gasteiger partial charge on any atom is -0.354 e. The van der Waals surface area contributed by atoms with Crippen molar-refractivity contribution in [1.29, 1.82) is 0 Å². The fourth-order valence-electron chi connectivity index (χ4n) is 4.93. The Balaban J connectivity index is 1.41. The molecule has 144 valence electrons. The van der Waals surface area contributed by atoms with E-state index in [1.165, 1.54) is 45.2 Å². The maximum Gasteiger partial charge on any atom is 0.239 e. The van der Waals surface area contributed by atoms with Gasteiger partial charge in [-0.25, -0.2) is 0 Å². The van der Waals surface area contributed by atoms with Crippen LogP contribution in [0.25, 0.3) is 10.9 Å². The molecule has 2 saturated heterocycles. The van der Waals surface area contributed by atoms with Crippen molar-refractivity contribution in [2.75, 3.05) is 19.6 Å². The first-order chi connectivity index (χ1) is 13.1. The molecule has 2 atom stereocenters. The highest BCUT2D eigenvalue weighted by Crippen LogP contribution is 2.30. The van der Waals surface area contributed by atoms with Gasteiger partial charge in [0.15, 0.2) is 5.78 Å². The third-order valence-corrected chi connectivity index (χ3v) is 6.27. The minimum absolute atomic E-state index is 0.0267. The predicted molar refractivity (Wildman–Crippen MR) is 107 cm³/mol. The highest BCUT2D eigenvalue weighted by atomic mass is 16.2. The zero-order valence-electron chi connectivity index (χ0n) is 16.1. The smallest absolute Gasteiger partial charge is 0.239 e. The normalized spacial score (nSPS) is 23.1. The molecule has 27 heavy (non-hydrogen) atoms. The number of nitrogens with zero attached hydrogens (tertiary/aromatic N) is 2. The topological polar surface area (TPSA) is 54.3 Å². The molecular formula is C22H29N3O2. The Kier molecular flexibility index (Phi) is 5.30. The molecule has 5 nitrogen and oxygen atoms in total. The van der Waals surface area contributed by atoms with Gasteiger partial charge in [-0.05, 0) is 57.7 Å². The van der Waals surface area contributed by atoms with E-state index in [-0.39, 0.29) is 18.2 Å². The third kappa shape index (κ3) is 3.79. The molecule has 3 heterocycles. The highest BCUT2D eigenvalue weighted by molar-refractivity contribution is 6.07. The van der Waals surface area contributed by atoms with Gasteiger partial charge in [0, 0.05) is 35.2 Å². The van der Waals surface area contributed by atoms with Crippen LogP contribution in [0.5, 0.6) is 0 Å². The zero-order chi connectivity index (χ0) is 18.8. The quantitative estimate of drug-likeness (QED) is 0.826. The lowest BCUT2D eigenvalue weighted by atomic mass is 9.83. The number of hydrogen-bond donors (Lipinski definition) is 1. The van der Waals surface area contributed by atoms with Crippen molar-refractivity contribution in [3.05, 3.63) is 36.0 Å². The van der Waals surface area contributed by atoms with Crippen LogP contribution in [0, 0.1) is 5.92 Å². The van der Waals surface area contributed by atoms with E-state index in [4.69, 9.17) is 0 Å². The molecule has 2 fully saturated rings. The summed E-state index contributed by atoms with van der Waals surface area (Å²) in [6.07, 6.45) is 8.16. The summed E-state index contributed by atoms with van der Waals surface area (Å²) in [6, 6.07) is 8.43. The van der Waals surface area contributed by atoms with Crippen LogP contribution in [0.1, 0.15) is 49.4 Å². The predicted octanol–water partition coefficient (Wildman–Crippen LogP) is 3.22. The van der Waals surface area contributed by atoms with E-state index in [9.17, 15) is 9.59 Å². The number of carbonyl (C=O) groups excluding carboxylic acids is 2. The SMILES string of the molecule is CC(=O)c1cn(CC(=O)NCC2CCCN3CCCCC23)c2ccccc12. The summed E-state index contributed by atoms with van der Waals surface area (Å²) in [6.45, 7) is 5.04. The van der Waals surface area contributed by atoms with Gasteiger partial charge in [0.1, 0.15) is 6.54 Å². The van der Waals surface area contributed by atoms with E-state index < -0.39 is 0 Å². The first-order valence-corrected chi connectivity index (χ1v) is 10.2. The van der Waals surface area contributed by atoms with Gasteiger partial charge in [-0.1, -0.05) is 24.6 Å². The second-order valence-corrected chi connectivity index (χ2v) is 8.05. The van der Waals surface area contributed by atoms with Crippen LogP contribution >= 0.6 is 0 Å². The molecular weight excluding hydrogens is 338 g/mol. The Hall–Kier alpha value is -2.14. The van der Waals surface area contributed by atoms with E-state index >= 15 is 0 Å². The van der Waals surface area contributed by atoms with Crippen LogP contribution in [-0.4, -0.2) is 46.8 Å². The van der Waals surface area contributed by atoms with Crippen LogP contribution in [0.2, 0.25) is 0 Å². The molecule has 2 aliphatic rings. The van der Waals surface area contributed by atoms with Crippen molar-refractivity contribution in [3.63, 3.8) is 0 Å². The molecule has 0 aliphatic carbocycles. The van der Waals surface area contributed by atoms with Gasteiger partial charge in [0.25, 0.3) is 0 Å². The van der Waals surface area contributed by atoms with Gasteiger partial charge in [0.05, 0.1) is 0 Å². The summed E-state index contributed by atoms with van der Waals surface area (Å²) in [4.78, 5) is 27.1. The molecule has 1 aromatic heterocycles. The van der Waals surface area contributed by atoms with E-state index in [0.29, 0.717) is 17.5 Å². The summed E-state index contributed by atoms with van der Waals surface area (Å²) < 4.78 is 1.90. The molecule has 1 aromatic carbocycles. The van der Waals surface area contributed by atoms with Gasteiger partial charge < -0.3 is 14.8 Å². The minimum atomic E-state index is 0.0267. The van der Waals surface area contributed by atoms with Crippen molar-refractivity contribution in [2.24, 2.45) is 5.92 Å². The summed E-state index contributed by atoms with van der Waals surface area (Å²) in [7, 11) is 0. The molecule has 1 amide bonds. The lowest BCUT2D eigenvalue weighted by Crippen LogP contribution is -2.51. The summed E-state index contributed by atoms with van der Waals surface area (Å²) in [5, 5.41) is 4.09. The number of rotatable bonds is 5. The number of amides is 1. The molecule has 5 heteroatoms. The Bertz CT molecular complexity index is 839. The molecule has 4 rings (SSSR count). The Labute approximate surface area is 160 Å². The van der Waals surface area contributed by atoms with E-state index in [1.807, 2.05) is 35.0 Å². The lowest BCUT2D eigenvalue weighted by molar-refractivity contribution is -0.122. The van der Waals surface area contributed by atoms with Gasteiger partial charge in [-0.15, -0.1) is 0 Å². The zero-order valence-corrected chi connectivity index (χ0v) is 16.1. The summed E-state index contributed by atoms with van der Waals surface area (Å²) in [5.41, 5.74) is 1.62. The highest BCUT2D eigenvalue weighted by Gasteiger charge is 2.32. The third-order valence-electron chi connectivity index (χ3n) is 6.27. The van der Waals surface area contributed by atoms with E-state index in [0.717, 1.165) is 17.4 Å². The molecule has 0 bridgehead atoms. The maximum atomic E-state index is 12.6. The molecule has 2 aromatic rings. The summed E-state index contributed by atoms with van der Waals surface area (Å²) in [5.74, 6) is 0.626. The molecule has 1 N–H and O–H groups in total. The van der Waals surface area contributed by atoms with Crippen LogP contribution < -0.4 is 5.32 Å². The number of nitrogens with one attached hydrogen (secondary N) is 1. The van der Waals surface area contributed by atoms with Crippen LogP contribution in [0.4, 0.5) is 0 Å². The largest absolute Gasteiger partial charge is 0.354 e. The van der Waals surface area contributed by atoms with Gasteiger partial charge in [-0.2, -0.15) is 0 Å². The number of carbonyl (C=O) groups is 2. The van der Waals surface area contributed by atoms with E-state index in [1.54, 1.807) is 6.92 Å². The molecule has 0 saturated carbocycles. The van der Waals surface area contributed by atoms with Gasteiger partial charge in [0.2, 0.25) is 5.91 Å². The monoisotopic (exact) mass is 367 g/mol. The maximum absolute atomic E-state index is 12.6. The summed E-state index contributed by atoms with van der Waals surface area (Å²) >= 11 is 0. The van der Waals surface area contributed by atoms with Crippen LogP contribution in [-0.2, 0) is 11.3 Å². The van der Waals surface area contributed by atoms with Gasteiger partial charge >= 0.3 is 0 Å². The Morgan fingerprint density at radius 3 is 2.78 bits per heavy atom. The average Bonchev–Trinajstić information content (AvgIpc) is 3.05. The van der Waals surface area contributed by atoms with Crippen molar-refractivity contribution in [1.82, 2.24) is 14.8 Å². The number of hydrogen-bond acceptors (Lipinski definition) is 3. The number of para-hydroxylation sites is 1. The second-order valence-electron chi connectivity index (χ2n) is 8.05. The number of fused-ring (bicyclic) bond motifs is 2. The Morgan fingerprint density at radius 2 is 1.93 bits per heavy atom.